The Hall–Kier alpha value is -0.650. The van der Waals surface area contributed by atoms with Gasteiger partial charge in [-0.1, -0.05) is 13.3 Å². The summed E-state index contributed by atoms with van der Waals surface area (Å²) in [6.45, 7) is 11.1. The first-order valence-electron chi connectivity index (χ1n) is 9.11. The fourth-order valence-corrected chi connectivity index (χ4v) is 4.10. The van der Waals surface area contributed by atoms with Crippen LogP contribution in [0.1, 0.15) is 32.6 Å². The zero-order chi connectivity index (χ0) is 15.4. The van der Waals surface area contributed by atoms with Gasteiger partial charge < -0.3 is 9.64 Å². The predicted octanol–water partition coefficient (Wildman–Crippen LogP) is 1.04. The molecule has 0 aromatic heterocycles. The van der Waals surface area contributed by atoms with Crippen molar-refractivity contribution in [3.05, 3.63) is 0 Å². The number of likely N-dealkylation sites (tertiary alicyclic amines) is 1. The summed E-state index contributed by atoms with van der Waals surface area (Å²) >= 11 is 0. The molecule has 0 saturated carbocycles. The summed E-state index contributed by atoms with van der Waals surface area (Å²) in [5, 5.41) is 0. The Morgan fingerprint density at radius 2 is 1.91 bits per heavy atom. The molecule has 126 valence electrons. The zero-order valence-corrected chi connectivity index (χ0v) is 14.0. The number of rotatable bonds is 4. The van der Waals surface area contributed by atoms with E-state index in [0.29, 0.717) is 11.8 Å². The maximum atomic E-state index is 12.8. The van der Waals surface area contributed by atoms with E-state index in [1.54, 1.807) is 0 Å². The van der Waals surface area contributed by atoms with Crippen LogP contribution in [0.15, 0.2) is 0 Å². The van der Waals surface area contributed by atoms with Gasteiger partial charge in [-0.15, -0.1) is 0 Å². The minimum Gasteiger partial charge on any atom is -0.381 e. The van der Waals surface area contributed by atoms with Crippen molar-refractivity contribution in [1.82, 2.24) is 14.7 Å². The third-order valence-electron chi connectivity index (χ3n) is 5.53. The van der Waals surface area contributed by atoms with Gasteiger partial charge in [-0.3, -0.25) is 14.6 Å². The van der Waals surface area contributed by atoms with E-state index < -0.39 is 0 Å². The van der Waals surface area contributed by atoms with Crippen molar-refractivity contribution in [2.75, 3.05) is 59.0 Å². The molecule has 2 atom stereocenters. The second-order valence-corrected chi connectivity index (χ2v) is 7.00. The lowest BCUT2D eigenvalue weighted by Crippen LogP contribution is -2.56. The molecule has 3 heterocycles. The van der Waals surface area contributed by atoms with Crippen LogP contribution in [-0.4, -0.2) is 85.7 Å². The maximum Gasteiger partial charge on any atom is 0.240 e. The summed E-state index contributed by atoms with van der Waals surface area (Å²) < 4.78 is 5.46. The number of piperazine rings is 1. The number of ether oxygens (including phenoxy) is 1. The summed E-state index contributed by atoms with van der Waals surface area (Å²) in [6.07, 6.45) is 4.70. The van der Waals surface area contributed by atoms with Gasteiger partial charge in [0, 0.05) is 39.3 Å². The van der Waals surface area contributed by atoms with E-state index in [9.17, 15) is 4.79 Å². The molecule has 5 heteroatoms. The van der Waals surface area contributed by atoms with Crippen LogP contribution >= 0.6 is 0 Å². The first kappa shape index (κ1) is 16.2. The van der Waals surface area contributed by atoms with E-state index >= 15 is 0 Å². The van der Waals surface area contributed by atoms with Gasteiger partial charge in [-0.2, -0.15) is 0 Å². The predicted molar refractivity (Wildman–Crippen MR) is 86.8 cm³/mol. The fourth-order valence-electron chi connectivity index (χ4n) is 4.10. The lowest BCUT2D eigenvalue weighted by atomic mass is 10.0. The van der Waals surface area contributed by atoms with Crippen LogP contribution < -0.4 is 0 Å². The number of piperidine rings is 1. The SMILES string of the molecule is CCN1CCCC[C@H]1C(=O)N1CCN(C[C@@H]2CCOC2)CC1. The minimum atomic E-state index is 0.147. The number of likely N-dealkylation sites (N-methyl/N-ethyl adjacent to an activating group) is 1. The van der Waals surface area contributed by atoms with Crippen molar-refractivity contribution in [2.45, 2.75) is 38.6 Å². The first-order valence-corrected chi connectivity index (χ1v) is 9.11. The van der Waals surface area contributed by atoms with Crippen LogP contribution in [0.25, 0.3) is 0 Å². The second kappa shape index (κ2) is 7.75. The average molecular weight is 309 g/mol. The van der Waals surface area contributed by atoms with Crippen molar-refractivity contribution < 1.29 is 9.53 Å². The molecule has 3 aliphatic rings. The zero-order valence-electron chi connectivity index (χ0n) is 14.0. The smallest absolute Gasteiger partial charge is 0.240 e. The van der Waals surface area contributed by atoms with Gasteiger partial charge in [0.1, 0.15) is 0 Å². The Bertz CT molecular complexity index is 363. The highest BCUT2D eigenvalue weighted by atomic mass is 16.5. The number of nitrogens with zero attached hydrogens (tertiary/aromatic N) is 3. The average Bonchev–Trinajstić information content (AvgIpc) is 3.08. The quantitative estimate of drug-likeness (QED) is 0.777. The number of carbonyl (C=O) groups is 1. The van der Waals surface area contributed by atoms with E-state index in [0.717, 1.165) is 65.4 Å². The lowest BCUT2D eigenvalue weighted by molar-refractivity contribution is -0.140. The summed E-state index contributed by atoms with van der Waals surface area (Å²) in [5.74, 6) is 1.08. The second-order valence-electron chi connectivity index (χ2n) is 7.00. The molecule has 0 radical (unpaired) electrons. The normalized spacial score (nSPS) is 31.6. The van der Waals surface area contributed by atoms with Crippen molar-refractivity contribution in [3.63, 3.8) is 0 Å². The highest BCUT2D eigenvalue weighted by Gasteiger charge is 2.32. The van der Waals surface area contributed by atoms with Gasteiger partial charge in [0.05, 0.1) is 12.6 Å². The molecule has 3 aliphatic heterocycles. The van der Waals surface area contributed by atoms with Gasteiger partial charge in [-0.25, -0.2) is 0 Å². The minimum absolute atomic E-state index is 0.147. The third kappa shape index (κ3) is 3.81. The Morgan fingerprint density at radius 3 is 2.59 bits per heavy atom. The molecule has 22 heavy (non-hydrogen) atoms. The Balaban J connectivity index is 1.46. The third-order valence-corrected chi connectivity index (χ3v) is 5.53. The molecule has 0 aromatic rings. The summed E-state index contributed by atoms with van der Waals surface area (Å²) in [6, 6.07) is 0.147. The summed E-state index contributed by atoms with van der Waals surface area (Å²) in [4.78, 5) is 19.8. The number of hydrogen-bond acceptors (Lipinski definition) is 4. The van der Waals surface area contributed by atoms with Crippen LogP contribution in [0.2, 0.25) is 0 Å². The van der Waals surface area contributed by atoms with E-state index in [1.807, 2.05) is 0 Å². The Labute approximate surface area is 134 Å². The highest BCUT2D eigenvalue weighted by molar-refractivity contribution is 5.82. The Kier molecular flexibility index (Phi) is 5.71. The molecule has 3 rings (SSSR count). The van der Waals surface area contributed by atoms with Gasteiger partial charge in [0.25, 0.3) is 0 Å². The highest BCUT2D eigenvalue weighted by Crippen LogP contribution is 2.20. The van der Waals surface area contributed by atoms with E-state index in [1.165, 1.54) is 19.3 Å². The molecule has 0 aliphatic carbocycles. The van der Waals surface area contributed by atoms with Crippen molar-refractivity contribution in [2.24, 2.45) is 5.92 Å². The molecule has 0 unspecified atom stereocenters. The standard InChI is InChI=1S/C17H31N3O2/c1-2-19-7-4-3-5-16(19)17(21)20-10-8-18(9-11-20)13-15-6-12-22-14-15/h15-16H,2-14H2,1H3/t15-,16-/m0/s1. The van der Waals surface area contributed by atoms with Crippen LogP contribution in [0.4, 0.5) is 0 Å². The van der Waals surface area contributed by atoms with Crippen LogP contribution in [0.5, 0.6) is 0 Å². The van der Waals surface area contributed by atoms with Gasteiger partial charge in [0.2, 0.25) is 5.91 Å². The summed E-state index contributed by atoms with van der Waals surface area (Å²) in [5.41, 5.74) is 0. The van der Waals surface area contributed by atoms with Crippen LogP contribution in [0.3, 0.4) is 0 Å². The van der Waals surface area contributed by atoms with E-state index in [2.05, 4.69) is 21.6 Å². The topological polar surface area (TPSA) is 36.0 Å². The molecular weight excluding hydrogens is 278 g/mol. The summed E-state index contributed by atoms with van der Waals surface area (Å²) in [7, 11) is 0. The van der Waals surface area contributed by atoms with Crippen molar-refractivity contribution in [1.29, 1.82) is 0 Å². The van der Waals surface area contributed by atoms with E-state index in [-0.39, 0.29) is 6.04 Å². The molecule has 0 spiro atoms. The van der Waals surface area contributed by atoms with Crippen LogP contribution in [0, 0.1) is 5.92 Å². The molecule has 3 saturated heterocycles. The van der Waals surface area contributed by atoms with Crippen LogP contribution in [-0.2, 0) is 9.53 Å². The number of carbonyl (C=O) groups excluding carboxylic acids is 1. The maximum absolute atomic E-state index is 12.8. The monoisotopic (exact) mass is 309 g/mol. The molecule has 0 bridgehead atoms. The fraction of sp³-hybridized carbons (Fsp3) is 0.941. The van der Waals surface area contributed by atoms with E-state index in [4.69, 9.17) is 4.74 Å². The first-order chi connectivity index (χ1) is 10.8. The molecule has 5 nitrogen and oxygen atoms in total. The molecule has 1 amide bonds. The molecular formula is C17H31N3O2. The van der Waals surface area contributed by atoms with Gasteiger partial charge in [-0.05, 0) is 38.3 Å². The number of hydrogen-bond donors (Lipinski definition) is 0. The number of amides is 1. The largest absolute Gasteiger partial charge is 0.381 e. The van der Waals surface area contributed by atoms with Crippen molar-refractivity contribution >= 4 is 5.91 Å². The molecule has 3 fully saturated rings. The lowest BCUT2D eigenvalue weighted by Gasteiger charge is -2.41. The Morgan fingerprint density at radius 1 is 1.09 bits per heavy atom. The molecule has 0 N–H and O–H groups in total. The van der Waals surface area contributed by atoms with Crippen molar-refractivity contribution in [3.8, 4) is 0 Å². The van der Waals surface area contributed by atoms with Gasteiger partial charge in [0.15, 0.2) is 0 Å². The van der Waals surface area contributed by atoms with Gasteiger partial charge >= 0.3 is 0 Å². The molecule has 0 aromatic carbocycles.